The molecule has 0 bridgehead atoms. The van der Waals surface area contributed by atoms with Gasteiger partial charge in [0.2, 0.25) is 5.91 Å². The first-order valence-corrected chi connectivity index (χ1v) is 6.77. The summed E-state index contributed by atoms with van der Waals surface area (Å²) in [5.74, 6) is -0.0289. The average molecular weight is 245 g/mol. The molecule has 2 nitrogen and oxygen atoms in total. The number of rotatable bonds is 7. The minimum Gasteiger partial charge on any atom is -0.326 e. The van der Waals surface area contributed by atoms with Gasteiger partial charge < -0.3 is 5.32 Å². The third kappa shape index (κ3) is 5.67. The van der Waals surface area contributed by atoms with E-state index in [2.05, 4.69) is 24.4 Å². The highest BCUT2D eigenvalue weighted by Crippen LogP contribution is 2.17. The number of para-hydroxylation sites is 1. The van der Waals surface area contributed by atoms with E-state index in [1.807, 2.05) is 24.3 Å². The van der Waals surface area contributed by atoms with Gasteiger partial charge in [0, 0.05) is 12.6 Å². The minimum atomic E-state index is -0.0289. The molecule has 2 heteroatoms. The van der Waals surface area contributed by atoms with Crippen LogP contribution in [0.5, 0.6) is 0 Å². The number of allylic oxidation sites excluding steroid dienone is 1. The SMILES string of the molecule is CCCCCC/C=C/c1ccccc1NC(C)=O. The van der Waals surface area contributed by atoms with E-state index in [-0.39, 0.29) is 5.91 Å². The van der Waals surface area contributed by atoms with Crippen LogP contribution in [0.2, 0.25) is 0 Å². The predicted octanol–water partition coefficient (Wildman–Crippen LogP) is 4.63. The molecule has 0 heterocycles. The molecule has 0 aliphatic carbocycles. The molecule has 0 aliphatic rings. The molecule has 98 valence electrons. The fourth-order valence-corrected chi connectivity index (χ4v) is 1.85. The molecule has 0 aromatic heterocycles. The van der Waals surface area contributed by atoms with Crippen LogP contribution >= 0.6 is 0 Å². The third-order valence-electron chi connectivity index (χ3n) is 2.79. The summed E-state index contributed by atoms with van der Waals surface area (Å²) in [5.41, 5.74) is 1.96. The number of hydrogen-bond acceptors (Lipinski definition) is 1. The number of anilines is 1. The van der Waals surface area contributed by atoms with Crippen molar-refractivity contribution in [3.63, 3.8) is 0 Å². The van der Waals surface area contributed by atoms with Crippen LogP contribution in [0.4, 0.5) is 5.69 Å². The third-order valence-corrected chi connectivity index (χ3v) is 2.79. The number of nitrogens with one attached hydrogen (secondary N) is 1. The van der Waals surface area contributed by atoms with Crippen molar-refractivity contribution in [1.29, 1.82) is 0 Å². The maximum atomic E-state index is 11.1. The maximum Gasteiger partial charge on any atom is 0.221 e. The minimum absolute atomic E-state index is 0.0289. The molecule has 18 heavy (non-hydrogen) atoms. The first kappa shape index (κ1) is 14.5. The first-order chi connectivity index (χ1) is 8.74. The zero-order chi connectivity index (χ0) is 13.2. The summed E-state index contributed by atoms with van der Waals surface area (Å²) in [6, 6.07) is 7.87. The standard InChI is InChI=1S/C16H23NO/c1-3-4-5-6-7-8-11-15-12-9-10-13-16(15)17-14(2)18/h8-13H,3-7H2,1-2H3,(H,17,18)/b11-8+. The second kappa shape index (κ2) is 8.51. The highest BCUT2D eigenvalue weighted by atomic mass is 16.1. The molecule has 0 aliphatic heterocycles. The fraction of sp³-hybridized carbons (Fsp3) is 0.438. The Hall–Kier alpha value is -1.57. The van der Waals surface area contributed by atoms with Crippen LogP contribution < -0.4 is 5.32 Å². The predicted molar refractivity (Wildman–Crippen MR) is 78.5 cm³/mol. The van der Waals surface area contributed by atoms with Crippen molar-refractivity contribution in [2.75, 3.05) is 5.32 Å². The molecular formula is C16H23NO. The largest absolute Gasteiger partial charge is 0.326 e. The molecule has 0 saturated carbocycles. The number of benzene rings is 1. The van der Waals surface area contributed by atoms with Crippen molar-refractivity contribution in [3.8, 4) is 0 Å². The Balaban J connectivity index is 2.50. The lowest BCUT2D eigenvalue weighted by molar-refractivity contribution is -0.114. The lowest BCUT2D eigenvalue weighted by atomic mass is 10.1. The number of carbonyl (C=O) groups is 1. The van der Waals surface area contributed by atoms with Gasteiger partial charge in [-0.3, -0.25) is 4.79 Å². The average Bonchev–Trinajstić information content (AvgIpc) is 2.35. The molecule has 1 N–H and O–H groups in total. The van der Waals surface area contributed by atoms with E-state index in [9.17, 15) is 4.79 Å². The summed E-state index contributed by atoms with van der Waals surface area (Å²) in [4.78, 5) is 11.1. The van der Waals surface area contributed by atoms with Crippen molar-refractivity contribution in [2.45, 2.75) is 46.0 Å². The van der Waals surface area contributed by atoms with Gasteiger partial charge in [-0.15, -0.1) is 0 Å². The van der Waals surface area contributed by atoms with Crippen molar-refractivity contribution < 1.29 is 4.79 Å². The summed E-state index contributed by atoms with van der Waals surface area (Å²) < 4.78 is 0. The van der Waals surface area contributed by atoms with Crippen molar-refractivity contribution in [2.24, 2.45) is 0 Å². The molecule has 0 fully saturated rings. The lowest BCUT2D eigenvalue weighted by Crippen LogP contribution is -2.06. The summed E-state index contributed by atoms with van der Waals surface area (Å²) >= 11 is 0. The quantitative estimate of drug-likeness (QED) is 0.697. The molecule has 0 saturated heterocycles. The Morgan fingerprint density at radius 2 is 2.00 bits per heavy atom. The van der Waals surface area contributed by atoms with Gasteiger partial charge in [0.25, 0.3) is 0 Å². The monoisotopic (exact) mass is 245 g/mol. The van der Waals surface area contributed by atoms with E-state index in [0.29, 0.717) is 0 Å². The van der Waals surface area contributed by atoms with Gasteiger partial charge in [0.05, 0.1) is 0 Å². The van der Waals surface area contributed by atoms with Crippen molar-refractivity contribution >= 4 is 17.7 Å². The highest BCUT2D eigenvalue weighted by molar-refractivity contribution is 5.91. The van der Waals surface area contributed by atoms with Crippen LogP contribution in [0.15, 0.2) is 30.3 Å². The van der Waals surface area contributed by atoms with Gasteiger partial charge in [0.15, 0.2) is 0 Å². The van der Waals surface area contributed by atoms with Crippen LogP contribution in [0.25, 0.3) is 6.08 Å². The second-order valence-electron chi connectivity index (χ2n) is 4.52. The molecule has 0 atom stereocenters. The zero-order valence-electron chi connectivity index (χ0n) is 11.4. The molecule has 1 rings (SSSR count). The molecule has 0 unspecified atom stereocenters. The number of hydrogen-bond donors (Lipinski definition) is 1. The Bertz CT molecular complexity index is 396. The Kier molecular flexibility index (Phi) is 6.85. The topological polar surface area (TPSA) is 29.1 Å². The normalized spacial score (nSPS) is 10.8. The molecule has 0 spiro atoms. The van der Waals surface area contributed by atoms with Gasteiger partial charge in [0.1, 0.15) is 0 Å². The summed E-state index contributed by atoms with van der Waals surface area (Å²) in [6.45, 7) is 3.75. The molecule has 1 aromatic rings. The number of amides is 1. The van der Waals surface area contributed by atoms with Crippen molar-refractivity contribution in [1.82, 2.24) is 0 Å². The smallest absolute Gasteiger partial charge is 0.221 e. The van der Waals surface area contributed by atoms with Crippen molar-refractivity contribution in [3.05, 3.63) is 35.9 Å². The highest BCUT2D eigenvalue weighted by Gasteiger charge is 1.99. The van der Waals surface area contributed by atoms with Crippen LogP contribution in [0.3, 0.4) is 0 Å². The van der Waals surface area contributed by atoms with Gasteiger partial charge >= 0.3 is 0 Å². The Labute approximate surface area is 110 Å². The number of carbonyl (C=O) groups excluding carboxylic acids is 1. The van der Waals surface area contributed by atoms with Gasteiger partial charge in [-0.1, -0.05) is 56.5 Å². The van der Waals surface area contributed by atoms with Gasteiger partial charge in [-0.25, -0.2) is 0 Å². The lowest BCUT2D eigenvalue weighted by Gasteiger charge is -2.05. The summed E-state index contributed by atoms with van der Waals surface area (Å²) in [5, 5.41) is 2.84. The molecular weight excluding hydrogens is 222 g/mol. The van der Waals surface area contributed by atoms with E-state index in [0.717, 1.165) is 17.7 Å². The molecule has 0 radical (unpaired) electrons. The molecule has 1 aromatic carbocycles. The van der Waals surface area contributed by atoms with E-state index < -0.39 is 0 Å². The second-order valence-corrected chi connectivity index (χ2v) is 4.52. The van der Waals surface area contributed by atoms with E-state index in [1.165, 1.54) is 32.6 Å². The molecule has 1 amide bonds. The van der Waals surface area contributed by atoms with Gasteiger partial charge in [-0.2, -0.15) is 0 Å². The van der Waals surface area contributed by atoms with E-state index in [4.69, 9.17) is 0 Å². The number of unbranched alkanes of at least 4 members (excludes halogenated alkanes) is 4. The fourth-order valence-electron chi connectivity index (χ4n) is 1.85. The van der Waals surface area contributed by atoms with Crippen LogP contribution in [0.1, 0.15) is 51.5 Å². The zero-order valence-corrected chi connectivity index (χ0v) is 11.4. The maximum absolute atomic E-state index is 11.1. The summed E-state index contributed by atoms with van der Waals surface area (Å²) in [7, 11) is 0. The Morgan fingerprint density at radius 1 is 1.22 bits per heavy atom. The van der Waals surface area contributed by atoms with Crippen LogP contribution in [-0.2, 0) is 4.79 Å². The van der Waals surface area contributed by atoms with Gasteiger partial charge in [-0.05, 0) is 24.5 Å². The Morgan fingerprint density at radius 3 is 2.72 bits per heavy atom. The van der Waals surface area contributed by atoms with E-state index in [1.54, 1.807) is 0 Å². The van der Waals surface area contributed by atoms with Crippen LogP contribution in [0, 0.1) is 0 Å². The summed E-state index contributed by atoms with van der Waals surface area (Å²) in [6.07, 6.45) is 10.5. The first-order valence-electron chi connectivity index (χ1n) is 6.77. The van der Waals surface area contributed by atoms with E-state index >= 15 is 0 Å². The van der Waals surface area contributed by atoms with Crippen LogP contribution in [-0.4, -0.2) is 5.91 Å².